The van der Waals surface area contributed by atoms with Crippen LogP contribution < -0.4 is 5.73 Å². The van der Waals surface area contributed by atoms with E-state index in [0.717, 1.165) is 22.0 Å². The quantitative estimate of drug-likeness (QED) is 0.760. The Morgan fingerprint density at radius 3 is 2.70 bits per heavy atom. The van der Waals surface area contributed by atoms with Crippen molar-refractivity contribution in [3.63, 3.8) is 0 Å². The molecule has 0 aliphatic rings. The van der Waals surface area contributed by atoms with Gasteiger partial charge in [0, 0.05) is 17.7 Å². The van der Waals surface area contributed by atoms with Gasteiger partial charge in [-0.05, 0) is 42.3 Å². The maximum atomic E-state index is 12.8. The Labute approximate surface area is 135 Å². The second kappa shape index (κ2) is 7.11. The zero-order valence-electron chi connectivity index (χ0n) is 12.9. The summed E-state index contributed by atoms with van der Waals surface area (Å²) in [7, 11) is 0. The highest BCUT2D eigenvalue weighted by molar-refractivity contribution is 5.89. The van der Waals surface area contributed by atoms with Crippen molar-refractivity contribution in [2.24, 2.45) is 5.73 Å². The van der Waals surface area contributed by atoms with E-state index in [1.807, 2.05) is 54.6 Å². The van der Waals surface area contributed by atoms with Crippen LogP contribution in [0, 0.1) is 0 Å². The molecule has 0 aliphatic carbocycles. The molecule has 3 aromatic rings. The number of aromatic nitrogens is 2. The SMILES string of the molecule is NCCC(C(=O)Cc1ccc2nnccc2c1)c1ccccc1. The normalized spacial score (nSPS) is 12.2. The zero-order valence-corrected chi connectivity index (χ0v) is 12.9. The molecule has 1 heterocycles. The lowest BCUT2D eigenvalue weighted by molar-refractivity contribution is -0.120. The van der Waals surface area contributed by atoms with E-state index in [1.54, 1.807) is 6.20 Å². The third-order valence-corrected chi connectivity index (χ3v) is 4.00. The summed E-state index contributed by atoms with van der Waals surface area (Å²) < 4.78 is 0. The van der Waals surface area contributed by atoms with Crippen LogP contribution >= 0.6 is 0 Å². The molecular weight excluding hydrogens is 286 g/mol. The van der Waals surface area contributed by atoms with Crippen molar-refractivity contribution in [2.75, 3.05) is 6.54 Å². The van der Waals surface area contributed by atoms with Crippen LogP contribution in [-0.4, -0.2) is 22.5 Å². The summed E-state index contributed by atoms with van der Waals surface area (Å²) in [5.74, 6) is 0.0514. The first-order valence-corrected chi connectivity index (χ1v) is 7.76. The van der Waals surface area contributed by atoms with Gasteiger partial charge in [0.25, 0.3) is 0 Å². The van der Waals surface area contributed by atoms with Crippen molar-refractivity contribution in [3.8, 4) is 0 Å². The molecule has 1 unspecified atom stereocenters. The zero-order chi connectivity index (χ0) is 16.1. The lowest BCUT2D eigenvalue weighted by atomic mass is 9.88. The average Bonchev–Trinajstić information content (AvgIpc) is 2.60. The minimum absolute atomic E-state index is 0.146. The maximum Gasteiger partial charge on any atom is 0.144 e. The van der Waals surface area contributed by atoms with Gasteiger partial charge in [-0.3, -0.25) is 4.79 Å². The average molecular weight is 305 g/mol. The Bertz CT molecular complexity index is 802. The van der Waals surface area contributed by atoms with Crippen LogP contribution in [-0.2, 0) is 11.2 Å². The molecule has 1 atom stereocenters. The molecule has 0 saturated heterocycles. The number of carbonyl (C=O) groups is 1. The molecule has 0 amide bonds. The number of benzene rings is 2. The van der Waals surface area contributed by atoms with Crippen molar-refractivity contribution in [2.45, 2.75) is 18.8 Å². The van der Waals surface area contributed by atoms with Gasteiger partial charge in [-0.15, -0.1) is 0 Å². The first kappa shape index (κ1) is 15.3. The minimum atomic E-state index is -0.146. The van der Waals surface area contributed by atoms with Crippen LogP contribution in [0.5, 0.6) is 0 Å². The largest absolute Gasteiger partial charge is 0.330 e. The van der Waals surface area contributed by atoms with Gasteiger partial charge in [-0.2, -0.15) is 10.2 Å². The van der Waals surface area contributed by atoms with E-state index in [0.29, 0.717) is 19.4 Å². The van der Waals surface area contributed by atoms with E-state index >= 15 is 0 Å². The second-order valence-electron chi connectivity index (χ2n) is 5.61. The molecule has 0 saturated carbocycles. The van der Waals surface area contributed by atoms with E-state index in [4.69, 9.17) is 5.73 Å². The van der Waals surface area contributed by atoms with Crippen LogP contribution in [0.2, 0.25) is 0 Å². The fraction of sp³-hybridized carbons (Fsp3) is 0.211. The molecule has 0 spiro atoms. The number of ketones is 1. The standard InChI is InChI=1S/C19H19N3O/c20-10-8-17(15-4-2-1-3-5-15)19(23)13-14-6-7-18-16(12-14)9-11-21-22-18/h1-7,9,11-12,17H,8,10,13,20H2. The van der Waals surface area contributed by atoms with Crippen LogP contribution in [0.1, 0.15) is 23.5 Å². The van der Waals surface area contributed by atoms with E-state index in [-0.39, 0.29) is 11.7 Å². The van der Waals surface area contributed by atoms with Gasteiger partial charge in [-0.25, -0.2) is 0 Å². The number of Topliss-reactive ketones (excluding diaryl/α,β-unsaturated/α-hetero) is 1. The Balaban J connectivity index is 1.82. The van der Waals surface area contributed by atoms with Crippen LogP contribution in [0.3, 0.4) is 0 Å². The summed E-state index contributed by atoms with van der Waals surface area (Å²) in [6, 6.07) is 17.6. The molecule has 0 bridgehead atoms. The Kier molecular flexibility index (Phi) is 4.74. The number of nitrogens with two attached hydrogens (primary N) is 1. The topological polar surface area (TPSA) is 68.9 Å². The van der Waals surface area contributed by atoms with Crippen molar-refractivity contribution < 1.29 is 4.79 Å². The third-order valence-electron chi connectivity index (χ3n) is 4.00. The van der Waals surface area contributed by atoms with Crippen molar-refractivity contribution >= 4 is 16.7 Å². The smallest absolute Gasteiger partial charge is 0.144 e. The number of fused-ring (bicyclic) bond motifs is 1. The lowest BCUT2D eigenvalue weighted by Gasteiger charge is -2.15. The van der Waals surface area contributed by atoms with E-state index < -0.39 is 0 Å². The molecule has 0 fully saturated rings. The fourth-order valence-electron chi connectivity index (χ4n) is 2.84. The molecule has 4 nitrogen and oxygen atoms in total. The number of hydrogen-bond acceptors (Lipinski definition) is 4. The first-order chi connectivity index (χ1) is 11.3. The maximum absolute atomic E-state index is 12.8. The van der Waals surface area contributed by atoms with Crippen LogP contribution in [0.15, 0.2) is 60.8 Å². The summed E-state index contributed by atoms with van der Waals surface area (Å²) >= 11 is 0. The summed E-state index contributed by atoms with van der Waals surface area (Å²) in [5.41, 5.74) is 8.57. The highest BCUT2D eigenvalue weighted by atomic mass is 16.1. The van der Waals surface area contributed by atoms with E-state index in [1.165, 1.54) is 0 Å². The lowest BCUT2D eigenvalue weighted by Crippen LogP contribution is -2.18. The molecule has 3 rings (SSSR count). The molecule has 116 valence electrons. The molecule has 0 radical (unpaired) electrons. The summed E-state index contributed by atoms with van der Waals surface area (Å²) in [4.78, 5) is 12.8. The summed E-state index contributed by atoms with van der Waals surface area (Å²) in [6.07, 6.45) is 2.73. The number of carbonyl (C=O) groups excluding carboxylic acids is 1. The highest BCUT2D eigenvalue weighted by Crippen LogP contribution is 2.23. The Morgan fingerprint density at radius 1 is 1.09 bits per heavy atom. The van der Waals surface area contributed by atoms with Gasteiger partial charge in [0.05, 0.1) is 11.7 Å². The predicted octanol–water partition coefficient (Wildman–Crippen LogP) is 2.87. The van der Waals surface area contributed by atoms with Gasteiger partial charge >= 0.3 is 0 Å². The molecule has 4 heteroatoms. The monoisotopic (exact) mass is 305 g/mol. The van der Waals surface area contributed by atoms with Crippen molar-refractivity contribution in [3.05, 3.63) is 71.9 Å². The number of hydrogen-bond donors (Lipinski definition) is 1. The van der Waals surface area contributed by atoms with E-state index in [9.17, 15) is 4.79 Å². The fourth-order valence-corrected chi connectivity index (χ4v) is 2.84. The van der Waals surface area contributed by atoms with Crippen LogP contribution in [0.25, 0.3) is 10.9 Å². The van der Waals surface area contributed by atoms with Gasteiger partial charge in [0.1, 0.15) is 5.78 Å². The first-order valence-electron chi connectivity index (χ1n) is 7.76. The molecule has 2 N–H and O–H groups in total. The molecule has 23 heavy (non-hydrogen) atoms. The summed E-state index contributed by atoms with van der Waals surface area (Å²) in [5, 5.41) is 8.93. The third kappa shape index (κ3) is 3.60. The number of rotatable bonds is 6. The molecule has 0 aliphatic heterocycles. The Morgan fingerprint density at radius 2 is 1.91 bits per heavy atom. The molecular formula is C19H19N3O. The van der Waals surface area contributed by atoms with Gasteiger partial charge in [0.15, 0.2) is 0 Å². The van der Waals surface area contributed by atoms with Crippen LogP contribution in [0.4, 0.5) is 0 Å². The van der Waals surface area contributed by atoms with E-state index in [2.05, 4.69) is 10.2 Å². The highest BCUT2D eigenvalue weighted by Gasteiger charge is 2.19. The van der Waals surface area contributed by atoms with Gasteiger partial charge < -0.3 is 5.73 Å². The summed E-state index contributed by atoms with van der Waals surface area (Å²) in [6.45, 7) is 0.499. The Hall–Kier alpha value is -2.59. The van der Waals surface area contributed by atoms with Crippen molar-refractivity contribution in [1.82, 2.24) is 10.2 Å². The van der Waals surface area contributed by atoms with Crippen molar-refractivity contribution in [1.29, 1.82) is 0 Å². The predicted molar refractivity (Wildman–Crippen MR) is 91.1 cm³/mol. The molecule has 1 aromatic heterocycles. The minimum Gasteiger partial charge on any atom is -0.330 e. The van der Waals surface area contributed by atoms with Gasteiger partial charge in [0.2, 0.25) is 0 Å². The second-order valence-corrected chi connectivity index (χ2v) is 5.61. The molecule has 2 aromatic carbocycles. The van der Waals surface area contributed by atoms with Gasteiger partial charge in [-0.1, -0.05) is 36.4 Å². The number of nitrogens with zero attached hydrogens (tertiary/aromatic N) is 2.